The van der Waals surface area contributed by atoms with E-state index in [1.54, 1.807) is 24.3 Å². The maximum absolute atomic E-state index is 14.1. The number of hydrogen-bond acceptors (Lipinski definition) is 3. The monoisotopic (exact) mass is 436 g/mol. The van der Waals surface area contributed by atoms with Gasteiger partial charge in [-0.05, 0) is 55.0 Å². The normalized spacial score (nSPS) is 14.9. The van der Waals surface area contributed by atoms with E-state index in [2.05, 4.69) is 5.32 Å². The van der Waals surface area contributed by atoms with E-state index in [4.69, 9.17) is 0 Å². The number of carbonyl (C=O) groups is 2. The van der Waals surface area contributed by atoms with Crippen molar-refractivity contribution in [2.24, 2.45) is 0 Å². The van der Waals surface area contributed by atoms with Crippen LogP contribution in [-0.4, -0.2) is 17.9 Å². The Hall–Kier alpha value is -2.99. The van der Waals surface area contributed by atoms with Crippen molar-refractivity contribution in [1.82, 2.24) is 5.32 Å². The molecule has 1 N–H and O–H groups in total. The van der Waals surface area contributed by atoms with Gasteiger partial charge in [-0.25, -0.2) is 4.39 Å². The molecule has 0 spiro atoms. The summed E-state index contributed by atoms with van der Waals surface area (Å²) in [4.78, 5) is 29.1. The fourth-order valence-electron chi connectivity index (χ4n) is 4.05. The van der Waals surface area contributed by atoms with Gasteiger partial charge in [-0.3, -0.25) is 14.5 Å². The quantitative estimate of drug-likeness (QED) is 0.543. The Labute approximate surface area is 185 Å². The molecular weight excluding hydrogens is 411 g/mol. The van der Waals surface area contributed by atoms with Crippen LogP contribution >= 0.6 is 11.3 Å². The van der Waals surface area contributed by atoms with Crippen molar-refractivity contribution in [2.75, 3.05) is 4.90 Å². The molecule has 1 aliphatic carbocycles. The standard InChI is InChI=1S/C25H25FN2O2S/c1-17-11-13-18(14-12-17)23(24(29)27-20-7-2-3-8-20)28(21-9-4-6-19(26)16-21)25(30)22-10-5-15-31-22/h4-6,9-16,20,23H,2-3,7-8H2,1H3,(H,27,29). The molecule has 1 heterocycles. The van der Waals surface area contributed by atoms with E-state index in [1.165, 1.54) is 28.4 Å². The predicted octanol–water partition coefficient (Wildman–Crippen LogP) is 5.64. The highest BCUT2D eigenvalue weighted by atomic mass is 32.1. The minimum atomic E-state index is -0.905. The second kappa shape index (κ2) is 9.43. The molecule has 4 rings (SSSR count). The Bertz CT molecular complexity index is 1040. The summed E-state index contributed by atoms with van der Waals surface area (Å²) in [5.74, 6) is -1.03. The highest BCUT2D eigenvalue weighted by molar-refractivity contribution is 7.12. The van der Waals surface area contributed by atoms with Gasteiger partial charge in [0.15, 0.2) is 0 Å². The van der Waals surface area contributed by atoms with Gasteiger partial charge in [0.25, 0.3) is 5.91 Å². The lowest BCUT2D eigenvalue weighted by molar-refractivity contribution is -0.123. The lowest BCUT2D eigenvalue weighted by Gasteiger charge is -2.32. The highest BCUT2D eigenvalue weighted by Gasteiger charge is 2.35. The average Bonchev–Trinajstić information content (AvgIpc) is 3.46. The molecule has 2 amide bonds. The fourth-order valence-corrected chi connectivity index (χ4v) is 4.71. The van der Waals surface area contributed by atoms with Crippen LogP contribution in [0.4, 0.5) is 10.1 Å². The zero-order valence-corrected chi connectivity index (χ0v) is 18.2. The molecule has 31 heavy (non-hydrogen) atoms. The molecule has 3 aromatic rings. The van der Waals surface area contributed by atoms with E-state index in [0.29, 0.717) is 16.1 Å². The molecule has 4 nitrogen and oxygen atoms in total. The third kappa shape index (κ3) is 4.85. The maximum atomic E-state index is 14.1. The van der Waals surface area contributed by atoms with E-state index < -0.39 is 11.9 Å². The Morgan fingerprint density at radius 2 is 1.81 bits per heavy atom. The number of hydrogen-bond donors (Lipinski definition) is 1. The topological polar surface area (TPSA) is 49.4 Å². The number of nitrogens with one attached hydrogen (secondary N) is 1. The van der Waals surface area contributed by atoms with Crippen molar-refractivity contribution in [3.63, 3.8) is 0 Å². The molecule has 2 aromatic carbocycles. The van der Waals surface area contributed by atoms with E-state index in [-0.39, 0.29) is 17.9 Å². The molecule has 1 aliphatic rings. The summed E-state index contributed by atoms with van der Waals surface area (Å²) < 4.78 is 14.1. The molecule has 0 aliphatic heterocycles. The Kier molecular flexibility index (Phi) is 6.47. The summed E-state index contributed by atoms with van der Waals surface area (Å²) in [6.07, 6.45) is 4.04. The smallest absolute Gasteiger partial charge is 0.269 e. The lowest BCUT2D eigenvalue weighted by Crippen LogP contribution is -2.46. The second-order valence-corrected chi connectivity index (χ2v) is 8.88. The minimum absolute atomic E-state index is 0.103. The predicted molar refractivity (Wildman–Crippen MR) is 122 cm³/mol. The van der Waals surface area contributed by atoms with Gasteiger partial charge >= 0.3 is 0 Å². The van der Waals surface area contributed by atoms with Gasteiger partial charge in [-0.2, -0.15) is 0 Å². The summed E-state index contributed by atoms with van der Waals surface area (Å²) in [5, 5.41) is 4.95. The van der Waals surface area contributed by atoms with Crippen LogP contribution in [0.3, 0.4) is 0 Å². The highest BCUT2D eigenvalue weighted by Crippen LogP contribution is 2.32. The largest absolute Gasteiger partial charge is 0.351 e. The Morgan fingerprint density at radius 1 is 1.06 bits per heavy atom. The molecular formula is C25H25FN2O2S. The van der Waals surface area contributed by atoms with Crippen LogP contribution in [0.15, 0.2) is 66.0 Å². The van der Waals surface area contributed by atoms with Gasteiger partial charge in [0.2, 0.25) is 5.91 Å². The summed E-state index contributed by atoms with van der Waals surface area (Å²) in [6, 6.07) is 16.1. The first-order valence-electron chi connectivity index (χ1n) is 10.5. The summed E-state index contributed by atoms with van der Waals surface area (Å²) in [6.45, 7) is 1.97. The molecule has 1 atom stereocenters. The number of benzene rings is 2. The third-order valence-electron chi connectivity index (χ3n) is 5.64. The Balaban J connectivity index is 1.80. The number of thiophene rings is 1. The first kappa shape index (κ1) is 21.2. The summed E-state index contributed by atoms with van der Waals surface area (Å²) in [5.41, 5.74) is 2.10. The van der Waals surface area contributed by atoms with Gasteiger partial charge in [0.05, 0.1) is 4.88 Å². The van der Waals surface area contributed by atoms with Gasteiger partial charge in [0.1, 0.15) is 11.9 Å². The molecule has 1 fully saturated rings. The Morgan fingerprint density at radius 3 is 2.45 bits per heavy atom. The number of amides is 2. The van der Waals surface area contributed by atoms with Crippen molar-refractivity contribution in [3.8, 4) is 0 Å². The zero-order valence-electron chi connectivity index (χ0n) is 17.4. The molecule has 0 radical (unpaired) electrons. The van der Waals surface area contributed by atoms with Crippen LogP contribution < -0.4 is 10.2 Å². The van der Waals surface area contributed by atoms with Crippen LogP contribution in [0.2, 0.25) is 0 Å². The van der Waals surface area contributed by atoms with Crippen molar-refractivity contribution in [2.45, 2.75) is 44.7 Å². The van der Waals surface area contributed by atoms with Crippen LogP contribution in [0.25, 0.3) is 0 Å². The minimum Gasteiger partial charge on any atom is -0.351 e. The van der Waals surface area contributed by atoms with Gasteiger partial charge in [0, 0.05) is 11.7 Å². The lowest BCUT2D eigenvalue weighted by atomic mass is 10.0. The first-order valence-corrected chi connectivity index (χ1v) is 11.4. The number of halogens is 1. The van der Waals surface area contributed by atoms with Crippen molar-refractivity contribution >= 4 is 28.8 Å². The van der Waals surface area contributed by atoms with Crippen LogP contribution in [0.5, 0.6) is 0 Å². The number of nitrogens with zero attached hydrogens (tertiary/aromatic N) is 1. The molecule has 160 valence electrons. The van der Waals surface area contributed by atoms with Gasteiger partial charge < -0.3 is 5.32 Å². The number of carbonyl (C=O) groups excluding carboxylic acids is 2. The van der Waals surface area contributed by atoms with Gasteiger partial charge in [-0.15, -0.1) is 11.3 Å². The van der Waals surface area contributed by atoms with Crippen LogP contribution in [0, 0.1) is 12.7 Å². The first-order chi connectivity index (χ1) is 15.0. The fraction of sp³-hybridized carbons (Fsp3) is 0.280. The maximum Gasteiger partial charge on any atom is 0.269 e. The van der Waals surface area contributed by atoms with E-state index in [9.17, 15) is 14.0 Å². The van der Waals surface area contributed by atoms with E-state index >= 15 is 0 Å². The molecule has 1 unspecified atom stereocenters. The molecule has 0 saturated heterocycles. The second-order valence-electron chi connectivity index (χ2n) is 7.94. The van der Waals surface area contributed by atoms with Crippen molar-refractivity contribution in [1.29, 1.82) is 0 Å². The summed E-state index contributed by atoms with van der Waals surface area (Å²) >= 11 is 1.30. The molecule has 0 bridgehead atoms. The van der Waals surface area contributed by atoms with Crippen LogP contribution in [0.1, 0.15) is 52.5 Å². The molecule has 6 heteroatoms. The average molecular weight is 437 g/mol. The number of rotatable bonds is 6. The zero-order chi connectivity index (χ0) is 21.8. The SMILES string of the molecule is Cc1ccc(C(C(=O)NC2CCCC2)N(C(=O)c2cccs2)c2cccc(F)c2)cc1. The van der Waals surface area contributed by atoms with E-state index in [1.807, 2.05) is 36.6 Å². The van der Waals surface area contributed by atoms with Crippen molar-refractivity contribution in [3.05, 3.63) is 87.9 Å². The molecule has 1 aromatic heterocycles. The van der Waals surface area contributed by atoms with Crippen molar-refractivity contribution < 1.29 is 14.0 Å². The van der Waals surface area contributed by atoms with Gasteiger partial charge in [-0.1, -0.05) is 54.8 Å². The van der Waals surface area contributed by atoms with Crippen LogP contribution in [-0.2, 0) is 4.79 Å². The number of aryl methyl sites for hydroxylation is 1. The van der Waals surface area contributed by atoms with E-state index in [0.717, 1.165) is 31.2 Å². The number of anilines is 1. The summed E-state index contributed by atoms with van der Waals surface area (Å²) in [7, 11) is 0. The third-order valence-corrected chi connectivity index (χ3v) is 6.50. The molecule has 1 saturated carbocycles.